The van der Waals surface area contributed by atoms with Crippen molar-refractivity contribution in [3.05, 3.63) is 217 Å². The SMILES string of the molecule is c1ccc([Si](c2ccccc2)(c2ccccc2)c2ccc(-n3c4ccccc4c4cc(N5c6ccccc6C6(c7ccccc75)C5CC7CC(C5)CC6C7)ccc43)cc2)cc1. The third-order valence-electron chi connectivity index (χ3n) is 15.7. The first-order valence-electron chi connectivity index (χ1n) is 22.5. The summed E-state index contributed by atoms with van der Waals surface area (Å²) in [6.07, 6.45) is 7.01. The molecule has 4 fully saturated rings. The number of rotatable bonds is 6. The summed E-state index contributed by atoms with van der Waals surface area (Å²) >= 11 is 0. The molecule has 1 aliphatic heterocycles. The van der Waals surface area contributed by atoms with E-state index in [9.17, 15) is 0 Å². The van der Waals surface area contributed by atoms with Crippen LogP contribution in [0.25, 0.3) is 27.5 Å². The minimum absolute atomic E-state index is 0.103. The predicted octanol–water partition coefficient (Wildman–Crippen LogP) is 11.7. The van der Waals surface area contributed by atoms with E-state index in [-0.39, 0.29) is 5.41 Å². The summed E-state index contributed by atoms with van der Waals surface area (Å²) in [6, 6.07) is 78.4. The van der Waals surface area contributed by atoms with Gasteiger partial charge < -0.3 is 9.47 Å². The number of hydrogen-bond acceptors (Lipinski definition) is 1. The normalized spacial score (nSPS) is 20.9. The summed E-state index contributed by atoms with van der Waals surface area (Å²) in [5.74, 6) is 3.28. The van der Waals surface area contributed by atoms with Crippen molar-refractivity contribution in [2.45, 2.75) is 37.5 Å². The lowest BCUT2D eigenvalue weighted by Gasteiger charge is -2.64. The zero-order valence-electron chi connectivity index (χ0n) is 34.4. The Bertz CT molecular complexity index is 2920. The van der Waals surface area contributed by atoms with Gasteiger partial charge in [0.15, 0.2) is 8.07 Å². The maximum Gasteiger partial charge on any atom is 0.179 e. The second kappa shape index (κ2) is 13.5. The van der Waals surface area contributed by atoms with Crippen LogP contribution in [0.1, 0.15) is 43.2 Å². The van der Waals surface area contributed by atoms with Crippen molar-refractivity contribution >= 4 is 67.7 Å². The molecule has 4 aliphatic carbocycles. The molecule has 0 atom stereocenters. The van der Waals surface area contributed by atoms with E-state index in [1.54, 1.807) is 11.1 Å². The lowest BCUT2D eigenvalue weighted by molar-refractivity contribution is -0.0419. The number of hydrogen-bond donors (Lipinski definition) is 0. The van der Waals surface area contributed by atoms with Gasteiger partial charge in [-0.1, -0.05) is 158 Å². The van der Waals surface area contributed by atoms with Gasteiger partial charge in [0.25, 0.3) is 0 Å². The van der Waals surface area contributed by atoms with Gasteiger partial charge in [0, 0.05) is 27.6 Å². The first-order chi connectivity index (χ1) is 30.2. The topological polar surface area (TPSA) is 8.17 Å². The zero-order valence-corrected chi connectivity index (χ0v) is 35.4. The average molecular weight is 801 g/mol. The molecule has 14 rings (SSSR count). The van der Waals surface area contributed by atoms with E-state index >= 15 is 0 Å². The van der Waals surface area contributed by atoms with Gasteiger partial charge in [0.1, 0.15) is 0 Å². The average Bonchev–Trinajstić information content (AvgIpc) is 3.65. The third kappa shape index (κ3) is 4.96. The molecule has 4 bridgehead atoms. The zero-order chi connectivity index (χ0) is 40.1. The Morgan fingerprint density at radius 3 is 1.38 bits per heavy atom. The van der Waals surface area contributed by atoms with Crippen LogP contribution in [0, 0.1) is 23.7 Å². The largest absolute Gasteiger partial charge is 0.310 e. The number of para-hydroxylation sites is 3. The molecule has 1 aromatic heterocycles. The van der Waals surface area contributed by atoms with Crippen molar-refractivity contribution in [3.8, 4) is 5.69 Å². The summed E-state index contributed by atoms with van der Waals surface area (Å²) in [5, 5.41) is 8.10. The minimum atomic E-state index is -2.64. The van der Waals surface area contributed by atoms with Gasteiger partial charge in [-0.15, -0.1) is 0 Å². The second-order valence-electron chi connectivity index (χ2n) is 18.5. The lowest BCUT2D eigenvalue weighted by atomic mass is 9.41. The summed E-state index contributed by atoms with van der Waals surface area (Å²) in [6.45, 7) is 0. The third-order valence-corrected chi connectivity index (χ3v) is 20.5. The van der Waals surface area contributed by atoms with E-state index in [2.05, 4.69) is 216 Å². The van der Waals surface area contributed by atoms with Crippen LogP contribution in [0.3, 0.4) is 0 Å². The van der Waals surface area contributed by atoms with Crippen LogP contribution in [0.2, 0.25) is 0 Å². The smallest absolute Gasteiger partial charge is 0.179 e. The highest BCUT2D eigenvalue weighted by Gasteiger charge is 2.61. The van der Waals surface area contributed by atoms with Crippen molar-refractivity contribution < 1.29 is 0 Å². The maximum atomic E-state index is 2.60. The quantitative estimate of drug-likeness (QED) is 0.120. The molecule has 5 aliphatic rings. The van der Waals surface area contributed by atoms with E-state index in [1.807, 2.05) is 0 Å². The van der Waals surface area contributed by atoms with Gasteiger partial charge in [0.2, 0.25) is 0 Å². The molecule has 61 heavy (non-hydrogen) atoms. The highest BCUT2D eigenvalue weighted by Crippen LogP contribution is 2.69. The molecular formula is C58H48N2Si. The second-order valence-corrected chi connectivity index (χ2v) is 22.3. The molecular weight excluding hydrogens is 753 g/mol. The number of aromatic nitrogens is 1. The van der Waals surface area contributed by atoms with Gasteiger partial charge >= 0.3 is 0 Å². The molecule has 0 radical (unpaired) electrons. The number of fused-ring (bicyclic) bond motifs is 5. The molecule has 2 heterocycles. The van der Waals surface area contributed by atoms with Gasteiger partial charge in [-0.2, -0.15) is 0 Å². The fourth-order valence-corrected chi connectivity index (χ4v) is 18.4. The number of benzene rings is 8. The maximum absolute atomic E-state index is 2.64. The highest BCUT2D eigenvalue weighted by atomic mass is 28.3. The summed E-state index contributed by atoms with van der Waals surface area (Å²) in [5.41, 5.74) is 10.8. The molecule has 8 aromatic carbocycles. The van der Waals surface area contributed by atoms with E-state index in [0.717, 1.165) is 23.7 Å². The van der Waals surface area contributed by atoms with Crippen molar-refractivity contribution in [2.24, 2.45) is 23.7 Å². The Morgan fingerprint density at radius 1 is 0.377 bits per heavy atom. The van der Waals surface area contributed by atoms with Crippen molar-refractivity contribution in [3.63, 3.8) is 0 Å². The van der Waals surface area contributed by atoms with Crippen molar-refractivity contribution in [1.29, 1.82) is 0 Å². The Balaban J connectivity index is 0.968. The van der Waals surface area contributed by atoms with Crippen LogP contribution in [0.5, 0.6) is 0 Å². The molecule has 2 nitrogen and oxygen atoms in total. The Kier molecular flexibility index (Phi) is 7.85. The molecule has 0 unspecified atom stereocenters. The van der Waals surface area contributed by atoms with Crippen LogP contribution in [0.15, 0.2) is 206 Å². The molecule has 1 spiro atoms. The van der Waals surface area contributed by atoms with Crippen LogP contribution in [0.4, 0.5) is 17.1 Å². The molecule has 9 aromatic rings. The van der Waals surface area contributed by atoms with Gasteiger partial charge in [0.05, 0.1) is 22.4 Å². The van der Waals surface area contributed by atoms with Crippen molar-refractivity contribution in [2.75, 3.05) is 4.90 Å². The summed E-state index contributed by atoms with van der Waals surface area (Å²) in [4.78, 5) is 2.60. The lowest BCUT2D eigenvalue weighted by Crippen LogP contribution is -2.74. The molecule has 0 saturated heterocycles. The van der Waals surface area contributed by atoms with Crippen LogP contribution in [-0.4, -0.2) is 12.6 Å². The standard InChI is InChI=1S/C58H48N2Si/c1-4-16-46(17-5-1)61(47-18-6-2-7-19-47,48-20-8-3-9-21-48)49-31-28-44(29-32-49)59-54-25-13-10-22-50(54)51-39-45(30-33-55(51)59)60-56-26-14-11-23-52(56)58(53-24-12-15-27-57(53)60)42-35-40-34-41(37-42)38-43(58)36-40/h1-33,39-43H,34-38H2. The first kappa shape index (κ1) is 35.3. The number of anilines is 3. The number of nitrogens with zero attached hydrogens (tertiary/aromatic N) is 2. The fraction of sp³-hybridized carbons (Fsp3) is 0.172. The van der Waals surface area contributed by atoms with E-state index < -0.39 is 8.07 Å². The van der Waals surface area contributed by atoms with Gasteiger partial charge in [-0.05, 0) is 136 Å². The van der Waals surface area contributed by atoms with E-state index in [0.29, 0.717) is 0 Å². The molecule has 4 saturated carbocycles. The molecule has 294 valence electrons. The highest BCUT2D eigenvalue weighted by molar-refractivity contribution is 7.19. The van der Waals surface area contributed by atoms with E-state index in [4.69, 9.17) is 0 Å². The van der Waals surface area contributed by atoms with Gasteiger partial charge in [-0.3, -0.25) is 0 Å². The van der Waals surface area contributed by atoms with Crippen LogP contribution in [-0.2, 0) is 5.41 Å². The Morgan fingerprint density at radius 2 is 0.820 bits per heavy atom. The summed E-state index contributed by atoms with van der Waals surface area (Å²) < 4.78 is 2.48. The minimum Gasteiger partial charge on any atom is -0.310 e. The molecule has 0 amide bonds. The Labute approximate surface area is 359 Å². The first-order valence-corrected chi connectivity index (χ1v) is 24.5. The van der Waals surface area contributed by atoms with E-state index in [1.165, 1.54) is 97.4 Å². The van der Waals surface area contributed by atoms with Crippen LogP contribution >= 0.6 is 0 Å². The summed E-state index contributed by atoms with van der Waals surface area (Å²) in [7, 11) is -2.64. The predicted molar refractivity (Wildman–Crippen MR) is 257 cm³/mol. The van der Waals surface area contributed by atoms with Crippen molar-refractivity contribution in [1.82, 2.24) is 4.57 Å². The molecule has 3 heteroatoms. The van der Waals surface area contributed by atoms with Gasteiger partial charge in [-0.25, -0.2) is 0 Å². The fourth-order valence-electron chi connectivity index (χ4n) is 13.7. The van der Waals surface area contributed by atoms with Crippen LogP contribution < -0.4 is 25.6 Å². The molecule has 0 N–H and O–H groups in total. The Hall–Kier alpha value is -6.42. The monoisotopic (exact) mass is 800 g/mol.